The molecule has 8 heteroatoms. The Morgan fingerprint density at radius 1 is 1.12 bits per heavy atom. The third-order valence-electron chi connectivity index (χ3n) is 5.27. The number of aromatic nitrogens is 3. The number of benzene rings is 1. The van der Waals surface area contributed by atoms with Crippen molar-refractivity contribution < 1.29 is 4.74 Å². The standard InChI is InChI=1S/C24H32N6O.HI/c1-17(21-7-9-22(31-5)10-8-21)12-13-26-24(25-4)28-16-20-6-11-23(27-15-20)30-19(3)14-18(2)29-30;/h6-11,14-15,17H,12-13,16H2,1-5H3,(H2,25,26,28);1H. The van der Waals surface area contributed by atoms with E-state index in [-0.39, 0.29) is 24.0 Å². The van der Waals surface area contributed by atoms with Gasteiger partial charge in [0.05, 0.1) is 12.8 Å². The molecule has 0 aliphatic rings. The fourth-order valence-electron chi connectivity index (χ4n) is 3.42. The largest absolute Gasteiger partial charge is 0.497 e. The molecule has 3 aromatic rings. The van der Waals surface area contributed by atoms with Crippen molar-refractivity contribution in [1.29, 1.82) is 0 Å². The number of nitrogens with zero attached hydrogens (tertiary/aromatic N) is 4. The zero-order valence-corrected chi connectivity index (χ0v) is 21.8. The molecule has 0 saturated carbocycles. The molecule has 0 amide bonds. The number of halogens is 1. The Kier molecular flexibility index (Phi) is 9.96. The maximum Gasteiger partial charge on any atom is 0.191 e. The lowest BCUT2D eigenvalue weighted by Crippen LogP contribution is -2.37. The first-order chi connectivity index (χ1) is 15.0. The second kappa shape index (κ2) is 12.4. The summed E-state index contributed by atoms with van der Waals surface area (Å²) in [6.07, 6.45) is 2.88. The van der Waals surface area contributed by atoms with Gasteiger partial charge in [-0.15, -0.1) is 24.0 Å². The molecule has 1 aromatic carbocycles. The summed E-state index contributed by atoms with van der Waals surface area (Å²) in [5.41, 5.74) is 4.45. The van der Waals surface area contributed by atoms with Crippen LogP contribution in [0.3, 0.4) is 0 Å². The molecule has 3 rings (SSSR count). The van der Waals surface area contributed by atoms with Gasteiger partial charge in [-0.25, -0.2) is 9.67 Å². The molecule has 2 heterocycles. The zero-order chi connectivity index (χ0) is 22.2. The van der Waals surface area contributed by atoms with E-state index in [4.69, 9.17) is 4.74 Å². The molecule has 32 heavy (non-hydrogen) atoms. The van der Waals surface area contributed by atoms with Crippen molar-refractivity contribution in [2.45, 2.75) is 39.7 Å². The first kappa shape index (κ1) is 25.6. The number of ether oxygens (including phenoxy) is 1. The van der Waals surface area contributed by atoms with Gasteiger partial charge >= 0.3 is 0 Å². The van der Waals surface area contributed by atoms with Gasteiger partial charge in [0, 0.05) is 32.0 Å². The average Bonchev–Trinajstić information content (AvgIpc) is 3.14. The van der Waals surface area contributed by atoms with Gasteiger partial charge in [0.25, 0.3) is 0 Å². The monoisotopic (exact) mass is 548 g/mol. The number of hydrogen-bond donors (Lipinski definition) is 2. The lowest BCUT2D eigenvalue weighted by molar-refractivity contribution is 0.414. The number of guanidine groups is 1. The average molecular weight is 548 g/mol. The highest BCUT2D eigenvalue weighted by molar-refractivity contribution is 14.0. The van der Waals surface area contributed by atoms with E-state index in [1.54, 1.807) is 14.2 Å². The van der Waals surface area contributed by atoms with Crippen molar-refractivity contribution in [3.63, 3.8) is 0 Å². The first-order valence-electron chi connectivity index (χ1n) is 10.6. The minimum Gasteiger partial charge on any atom is -0.497 e. The van der Waals surface area contributed by atoms with Crippen LogP contribution in [0.1, 0.15) is 41.8 Å². The van der Waals surface area contributed by atoms with Crippen molar-refractivity contribution in [2.75, 3.05) is 20.7 Å². The molecular formula is C24H33IN6O. The maximum atomic E-state index is 5.23. The normalized spacial score (nSPS) is 12.1. The van der Waals surface area contributed by atoms with Crippen molar-refractivity contribution >= 4 is 29.9 Å². The Labute approximate surface area is 207 Å². The summed E-state index contributed by atoms with van der Waals surface area (Å²) in [6, 6.07) is 14.4. The molecule has 1 atom stereocenters. The van der Waals surface area contributed by atoms with E-state index < -0.39 is 0 Å². The minimum atomic E-state index is 0. The summed E-state index contributed by atoms with van der Waals surface area (Å²) in [5.74, 6) is 2.94. The molecule has 0 fully saturated rings. The lowest BCUT2D eigenvalue weighted by atomic mass is 9.98. The molecule has 0 aliphatic heterocycles. The number of pyridine rings is 1. The van der Waals surface area contributed by atoms with Gasteiger partial charge < -0.3 is 15.4 Å². The second-order valence-electron chi connectivity index (χ2n) is 7.68. The van der Waals surface area contributed by atoms with Crippen molar-refractivity contribution in [1.82, 2.24) is 25.4 Å². The van der Waals surface area contributed by atoms with E-state index in [1.165, 1.54) is 5.56 Å². The quantitative estimate of drug-likeness (QED) is 0.249. The van der Waals surface area contributed by atoms with E-state index in [0.29, 0.717) is 12.5 Å². The molecule has 2 N–H and O–H groups in total. The van der Waals surface area contributed by atoms with E-state index in [9.17, 15) is 0 Å². The highest BCUT2D eigenvalue weighted by Gasteiger charge is 2.08. The van der Waals surface area contributed by atoms with Crippen LogP contribution in [0.2, 0.25) is 0 Å². The third-order valence-corrected chi connectivity index (χ3v) is 5.27. The fraction of sp³-hybridized carbons (Fsp3) is 0.375. The Bertz CT molecular complexity index is 998. The van der Waals surface area contributed by atoms with Gasteiger partial charge in [0.2, 0.25) is 0 Å². The van der Waals surface area contributed by atoms with E-state index >= 15 is 0 Å². The minimum absolute atomic E-state index is 0. The molecule has 0 aliphatic carbocycles. The number of rotatable bonds is 8. The van der Waals surface area contributed by atoms with Crippen molar-refractivity contribution in [3.05, 3.63) is 71.2 Å². The Balaban J connectivity index is 0.00000363. The summed E-state index contributed by atoms with van der Waals surface area (Å²) in [6.45, 7) is 7.73. The predicted molar refractivity (Wildman–Crippen MR) is 140 cm³/mol. The molecule has 172 valence electrons. The first-order valence-corrected chi connectivity index (χ1v) is 10.6. The summed E-state index contributed by atoms with van der Waals surface area (Å²) >= 11 is 0. The van der Waals surface area contributed by atoms with Crippen molar-refractivity contribution in [2.24, 2.45) is 4.99 Å². The van der Waals surface area contributed by atoms with Crippen molar-refractivity contribution in [3.8, 4) is 11.6 Å². The van der Waals surface area contributed by atoms with Crippen LogP contribution in [0.25, 0.3) is 5.82 Å². The maximum absolute atomic E-state index is 5.23. The van der Waals surface area contributed by atoms with Crippen LogP contribution in [0, 0.1) is 13.8 Å². The van der Waals surface area contributed by atoms with Crippen LogP contribution >= 0.6 is 24.0 Å². The molecule has 0 radical (unpaired) electrons. The summed E-state index contributed by atoms with van der Waals surface area (Å²) < 4.78 is 7.09. The number of aryl methyl sites for hydroxylation is 2. The fourth-order valence-corrected chi connectivity index (χ4v) is 3.42. The van der Waals surface area contributed by atoms with Crippen LogP contribution in [-0.2, 0) is 6.54 Å². The van der Waals surface area contributed by atoms with Gasteiger partial charge in [0.15, 0.2) is 11.8 Å². The summed E-state index contributed by atoms with van der Waals surface area (Å²) in [4.78, 5) is 8.87. The third kappa shape index (κ3) is 6.94. The highest BCUT2D eigenvalue weighted by Crippen LogP contribution is 2.21. The van der Waals surface area contributed by atoms with Gasteiger partial charge in [-0.2, -0.15) is 5.10 Å². The molecule has 0 saturated heterocycles. The molecule has 7 nitrogen and oxygen atoms in total. The van der Waals surface area contributed by atoms with Crippen LogP contribution in [0.15, 0.2) is 53.7 Å². The Morgan fingerprint density at radius 2 is 1.88 bits per heavy atom. The number of hydrogen-bond acceptors (Lipinski definition) is 4. The van der Waals surface area contributed by atoms with Crippen LogP contribution < -0.4 is 15.4 Å². The van der Waals surface area contributed by atoms with Crippen LogP contribution in [0.4, 0.5) is 0 Å². The number of methoxy groups -OCH3 is 1. The number of aliphatic imine (C=N–C) groups is 1. The second-order valence-corrected chi connectivity index (χ2v) is 7.68. The Morgan fingerprint density at radius 3 is 2.44 bits per heavy atom. The molecule has 0 bridgehead atoms. The van der Waals surface area contributed by atoms with Gasteiger partial charge in [-0.3, -0.25) is 4.99 Å². The summed E-state index contributed by atoms with van der Waals surface area (Å²) in [5, 5.41) is 11.2. The Hall–Kier alpha value is -2.62. The zero-order valence-electron chi connectivity index (χ0n) is 19.4. The predicted octanol–water partition coefficient (Wildman–Crippen LogP) is 4.37. The lowest BCUT2D eigenvalue weighted by Gasteiger charge is -2.15. The SMILES string of the molecule is CN=C(NCCC(C)c1ccc(OC)cc1)NCc1ccc(-n2nc(C)cc2C)nc1.I. The van der Waals surface area contributed by atoms with Gasteiger partial charge in [-0.05, 0) is 61.6 Å². The van der Waals surface area contributed by atoms with Gasteiger partial charge in [0.1, 0.15) is 5.75 Å². The molecule has 0 spiro atoms. The van der Waals surface area contributed by atoms with E-state index in [1.807, 2.05) is 49.0 Å². The smallest absolute Gasteiger partial charge is 0.191 e. The topological polar surface area (TPSA) is 76.4 Å². The van der Waals surface area contributed by atoms with E-state index in [0.717, 1.165) is 47.4 Å². The number of nitrogens with one attached hydrogen (secondary N) is 2. The highest BCUT2D eigenvalue weighted by atomic mass is 127. The molecular weight excluding hydrogens is 515 g/mol. The van der Waals surface area contributed by atoms with Crippen LogP contribution in [-0.4, -0.2) is 41.4 Å². The molecule has 1 unspecified atom stereocenters. The van der Waals surface area contributed by atoms with Gasteiger partial charge in [-0.1, -0.05) is 25.1 Å². The summed E-state index contributed by atoms with van der Waals surface area (Å²) in [7, 11) is 3.47. The van der Waals surface area contributed by atoms with E-state index in [2.05, 4.69) is 50.8 Å². The molecule has 2 aromatic heterocycles. The van der Waals surface area contributed by atoms with Crippen LogP contribution in [0.5, 0.6) is 5.75 Å².